The molecule has 0 bridgehead atoms. The zero-order valence-corrected chi connectivity index (χ0v) is 13.2. The lowest BCUT2D eigenvalue weighted by atomic mass is 10.0. The lowest BCUT2D eigenvalue weighted by Gasteiger charge is -2.22. The Hall–Kier alpha value is -1.41. The topological polar surface area (TPSA) is 69.8 Å². The van der Waals surface area contributed by atoms with Crippen molar-refractivity contribution in [3.8, 4) is 0 Å². The second-order valence-corrected chi connectivity index (χ2v) is 6.08. The number of imidazole rings is 1. The van der Waals surface area contributed by atoms with Crippen LogP contribution in [0, 0.1) is 10.5 Å². The van der Waals surface area contributed by atoms with E-state index in [2.05, 4.69) is 50.1 Å². The molecule has 104 valence electrons. The van der Waals surface area contributed by atoms with Gasteiger partial charge in [0, 0.05) is 22.2 Å². The number of aromatic nitrogens is 2. The molecule has 0 saturated heterocycles. The molecule has 0 spiro atoms. The van der Waals surface area contributed by atoms with Crippen LogP contribution in [0.3, 0.4) is 0 Å². The number of carbonyl (C=O) groups excluding carboxylic acids is 1. The summed E-state index contributed by atoms with van der Waals surface area (Å²) >= 11 is 2.27. The molecule has 20 heavy (non-hydrogen) atoms. The molecular formula is C14H15IN4O. The smallest absolute Gasteiger partial charge is 0.241 e. The molecule has 0 radical (unpaired) electrons. The van der Waals surface area contributed by atoms with Crippen molar-refractivity contribution in [2.45, 2.75) is 25.9 Å². The van der Waals surface area contributed by atoms with Crippen molar-refractivity contribution in [3.63, 3.8) is 0 Å². The number of hydrogen-bond acceptors (Lipinski definition) is 3. The highest BCUT2D eigenvalue weighted by molar-refractivity contribution is 14.1. The third-order valence-corrected chi connectivity index (χ3v) is 4.65. The van der Waals surface area contributed by atoms with Gasteiger partial charge in [0.15, 0.2) is 0 Å². The highest BCUT2D eigenvalue weighted by Gasteiger charge is 2.25. The van der Waals surface area contributed by atoms with Crippen LogP contribution in [0.15, 0.2) is 24.5 Å². The summed E-state index contributed by atoms with van der Waals surface area (Å²) in [6.07, 6.45) is 2.29. The molecule has 0 aliphatic carbocycles. The fourth-order valence-corrected chi connectivity index (χ4v) is 2.77. The van der Waals surface area contributed by atoms with Crippen LogP contribution < -0.4 is 10.6 Å². The highest BCUT2D eigenvalue weighted by Crippen LogP contribution is 2.18. The maximum atomic E-state index is 12.3. The Labute approximate surface area is 130 Å². The maximum absolute atomic E-state index is 12.3. The number of aryl methyl sites for hydroxylation is 1. The molecule has 2 aromatic rings. The molecular weight excluding hydrogens is 367 g/mol. The Bertz CT molecular complexity index is 652. The molecule has 1 aromatic carbocycles. The van der Waals surface area contributed by atoms with Gasteiger partial charge >= 0.3 is 0 Å². The molecule has 1 amide bonds. The number of rotatable bonds is 2. The molecule has 1 aromatic heterocycles. The Morgan fingerprint density at radius 1 is 1.50 bits per heavy atom. The monoisotopic (exact) mass is 382 g/mol. The number of halogens is 1. The lowest BCUT2D eigenvalue weighted by molar-refractivity contribution is -0.118. The number of hydrogen-bond donors (Lipinski definition) is 3. The predicted molar refractivity (Wildman–Crippen MR) is 85.4 cm³/mol. The van der Waals surface area contributed by atoms with Crippen LogP contribution >= 0.6 is 22.6 Å². The van der Waals surface area contributed by atoms with Gasteiger partial charge in [0.2, 0.25) is 5.91 Å². The molecule has 1 aliphatic rings. The van der Waals surface area contributed by atoms with Gasteiger partial charge in [-0.05, 0) is 47.2 Å². The van der Waals surface area contributed by atoms with Crippen molar-refractivity contribution >= 4 is 34.2 Å². The summed E-state index contributed by atoms with van der Waals surface area (Å²) in [5.74, 6) is -0.0155. The number of amides is 1. The first-order valence-electron chi connectivity index (χ1n) is 6.45. The first-order chi connectivity index (χ1) is 9.63. The lowest BCUT2D eigenvalue weighted by Crippen LogP contribution is -2.44. The fourth-order valence-electron chi connectivity index (χ4n) is 2.25. The van der Waals surface area contributed by atoms with Crippen LogP contribution in [-0.2, 0) is 17.8 Å². The number of carbonyl (C=O) groups is 1. The van der Waals surface area contributed by atoms with Gasteiger partial charge in [0.05, 0.1) is 23.8 Å². The van der Waals surface area contributed by atoms with E-state index in [1.54, 1.807) is 6.33 Å². The summed E-state index contributed by atoms with van der Waals surface area (Å²) in [6.45, 7) is 2.70. The molecule has 3 rings (SSSR count). The number of fused-ring (bicyclic) bond motifs is 1. The van der Waals surface area contributed by atoms with Crippen molar-refractivity contribution in [1.82, 2.24) is 15.3 Å². The van der Waals surface area contributed by atoms with Gasteiger partial charge in [-0.1, -0.05) is 6.07 Å². The van der Waals surface area contributed by atoms with Gasteiger partial charge in [-0.3, -0.25) is 10.1 Å². The van der Waals surface area contributed by atoms with Crippen LogP contribution in [0.25, 0.3) is 0 Å². The standard InChI is InChI=1S/C14H15IN4O/c1-8-2-3-9(4-10(8)15)19-14(20)12-5-11-13(6-16-12)18-7-17-11/h2-4,7,12,16H,5-6H2,1H3,(H,17,18)(H,19,20). The minimum atomic E-state index is -0.232. The second kappa shape index (κ2) is 5.53. The van der Waals surface area contributed by atoms with E-state index in [4.69, 9.17) is 0 Å². The van der Waals surface area contributed by atoms with Crippen LogP contribution in [-0.4, -0.2) is 21.9 Å². The van der Waals surface area contributed by atoms with Gasteiger partial charge in [0.1, 0.15) is 0 Å². The Morgan fingerprint density at radius 2 is 2.35 bits per heavy atom. The fraction of sp³-hybridized carbons (Fsp3) is 0.286. The average Bonchev–Trinajstić information content (AvgIpc) is 2.90. The first kappa shape index (κ1) is 13.6. The van der Waals surface area contributed by atoms with Gasteiger partial charge in [0.25, 0.3) is 0 Å². The number of aromatic amines is 1. The SMILES string of the molecule is Cc1ccc(NC(=O)C2Cc3nc[nH]c3CN2)cc1I. The van der Waals surface area contributed by atoms with Crippen LogP contribution in [0.5, 0.6) is 0 Å². The zero-order valence-electron chi connectivity index (χ0n) is 11.0. The number of H-pyrrole nitrogens is 1. The largest absolute Gasteiger partial charge is 0.347 e. The highest BCUT2D eigenvalue weighted by atomic mass is 127. The molecule has 0 saturated carbocycles. The van der Waals surface area contributed by atoms with E-state index in [-0.39, 0.29) is 11.9 Å². The third kappa shape index (κ3) is 2.71. The molecule has 6 heteroatoms. The summed E-state index contributed by atoms with van der Waals surface area (Å²) in [6, 6.07) is 5.69. The van der Waals surface area contributed by atoms with E-state index >= 15 is 0 Å². The van der Waals surface area contributed by atoms with Crippen LogP contribution in [0.1, 0.15) is 17.0 Å². The van der Waals surface area contributed by atoms with Crippen molar-refractivity contribution < 1.29 is 4.79 Å². The Morgan fingerprint density at radius 3 is 3.15 bits per heavy atom. The van der Waals surface area contributed by atoms with Crippen molar-refractivity contribution in [2.24, 2.45) is 0 Å². The summed E-state index contributed by atoms with van der Waals surface area (Å²) in [7, 11) is 0. The molecule has 1 unspecified atom stereocenters. The molecule has 1 aliphatic heterocycles. The maximum Gasteiger partial charge on any atom is 0.241 e. The van der Waals surface area contributed by atoms with Crippen LogP contribution in [0.2, 0.25) is 0 Å². The molecule has 1 atom stereocenters. The average molecular weight is 382 g/mol. The molecule has 5 nitrogen and oxygen atoms in total. The molecule has 3 N–H and O–H groups in total. The first-order valence-corrected chi connectivity index (χ1v) is 7.53. The minimum Gasteiger partial charge on any atom is -0.347 e. The van der Waals surface area contributed by atoms with E-state index < -0.39 is 0 Å². The van der Waals surface area contributed by atoms with E-state index in [1.165, 1.54) is 5.56 Å². The summed E-state index contributed by atoms with van der Waals surface area (Å²) in [5, 5.41) is 6.18. The van der Waals surface area contributed by atoms with Gasteiger partial charge < -0.3 is 10.3 Å². The second-order valence-electron chi connectivity index (χ2n) is 4.92. The van der Waals surface area contributed by atoms with Crippen LogP contribution in [0.4, 0.5) is 5.69 Å². The van der Waals surface area contributed by atoms with Gasteiger partial charge in [-0.15, -0.1) is 0 Å². The van der Waals surface area contributed by atoms with Crippen molar-refractivity contribution in [3.05, 3.63) is 45.0 Å². The van der Waals surface area contributed by atoms with E-state index in [9.17, 15) is 4.79 Å². The van der Waals surface area contributed by atoms with Gasteiger partial charge in [-0.2, -0.15) is 0 Å². The number of nitrogens with one attached hydrogen (secondary N) is 3. The zero-order chi connectivity index (χ0) is 14.1. The van der Waals surface area contributed by atoms with E-state index in [0.29, 0.717) is 13.0 Å². The Kier molecular flexibility index (Phi) is 3.75. The summed E-state index contributed by atoms with van der Waals surface area (Å²) in [5.41, 5.74) is 4.08. The third-order valence-electron chi connectivity index (χ3n) is 3.49. The van der Waals surface area contributed by atoms with Crippen molar-refractivity contribution in [2.75, 3.05) is 5.32 Å². The van der Waals surface area contributed by atoms with Gasteiger partial charge in [-0.25, -0.2) is 4.98 Å². The minimum absolute atomic E-state index is 0.0155. The quantitative estimate of drug-likeness (QED) is 0.696. The predicted octanol–water partition coefficient (Wildman–Crippen LogP) is 1.98. The summed E-state index contributed by atoms with van der Waals surface area (Å²) < 4.78 is 1.14. The molecule has 2 heterocycles. The van der Waals surface area contributed by atoms with E-state index in [0.717, 1.165) is 20.6 Å². The Balaban J connectivity index is 1.69. The molecule has 0 fully saturated rings. The number of benzene rings is 1. The number of anilines is 1. The number of nitrogens with zero attached hydrogens (tertiary/aromatic N) is 1. The van der Waals surface area contributed by atoms with E-state index in [1.807, 2.05) is 18.2 Å². The summed E-state index contributed by atoms with van der Waals surface area (Å²) in [4.78, 5) is 19.6. The normalized spacial score (nSPS) is 17.6. The van der Waals surface area contributed by atoms with Crippen molar-refractivity contribution in [1.29, 1.82) is 0 Å².